The molecule has 0 aliphatic carbocycles. The summed E-state index contributed by atoms with van der Waals surface area (Å²) in [6.07, 6.45) is 5.90. The second kappa shape index (κ2) is 7.48. The molecule has 0 saturated carbocycles. The van der Waals surface area contributed by atoms with E-state index in [1.165, 1.54) is 5.56 Å². The van der Waals surface area contributed by atoms with Crippen LogP contribution in [0.4, 0.5) is 0 Å². The average Bonchev–Trinajstić information content (AvgIpc) is 2.98. The van der Waals surface area contributed by atoms with Crippen molar-refractivity contribution in [3.8, 4) is 0 Å². The van der Waals surface area contributed by atoms with Crippen molar-refractivity contribution in [1.29, 1.82) is 0 Å². The molecule has 4 heteroatoms. The number of amides is 1. The van der Waals surface area contributed by atoms with E-state index in [2.05, 4.69) is 34.3 Å². The number of aryl methyl sites for hydroxylation is 1. The number of H-pyrrole nitrogens is 1. The number of nitrogens with zero attached hydrogens (tertiary/aromatic N) is 1. The molecule has 0 aliphatic heterocycles. The van der Waals surface area contributed by atoms with Gasteiger partial charge in [0, 0.05) is 19.2 Å². The number of aromatic amines is 1. The molecule has 1 amide bonds. The number of hydrogen-bond acceptors (Lipinski definition) is 2. The van der Waals surface area contributed by atoms with Crippen molar-refractivity contribution in [3.63, 3.8) is 0 Å². The fraction of sp³-hybridized carbons (Fsp3) is 0.375. The van der Waals surface area contributed by atoms with E-state index in [-0.39, 0.29) is 11.8 Å². The maximum Gasteiger partial charge on any atom is 0.220 e. The lowest BCUT2D eigenvalue weighted by Gasteiger charge is -2.11. The van der Waals surface area contributed by atoms with Crippen molar-refractivity contribution in [2.45, 2.75) is 32.1 Å². The Morgan fingerprint density at radius 2 is 2.15 bits per heavy atom. The largest absolute Gasteiger partial charge is 0.356 e. The fourth-order valence-corrected chi connectivity index (χ4v) is 2.17. The number of carbonyl (C=O) groups excluding carboxylic acids is 1. The van der Waals surface area contributed by atoms with Crippen LogP contribution in [0.5, 0.6) is 0 Å². The molecule has 106 valence electrons. The van der Waals surface area contributed by atoms with Gasteiger partial charge in [-0.25, -0.2) is 4.98 Å². The minimum absolute atomic E-state index is 0.114. The van der Waals surface area contributed by atoms with Gasteiger partial charge in [0.05, 0.1) is 12.0 Å². The maximum atomic E-state index is 11.9. The number of benzene rings is 1. The molecule has 0 aliphatic rings. The molecule has 1 aromatic carbocycles. The number of carbonyl (C=O) groups is 1. The molecule has 0 bridgehead atoms. The Morgan fingerprint density at radius 1 is 1.35 bits per heavy atom. The quantitative estimate of drug-likeness (QED) is 0.761. The van der Waals surface area contributed by atoms with Gasteiger partial charge in [-0.2, -0.15) is 0 Å². The molecule has 4 nitrogen and oxygen atoms in total. The van der Waals surface area contributed by atoms with Crippen molar-refractivity contribution in [2.75, 3.05) is 6.54 Å². The maximum absolute atomic E-state index is 11.9. The van der Waals surface area contributed by atoms with Crippen molar-refractivity contribution < 1.29 is 4.79 Å². The van der Waals surface area contributed by atoms with E-state index in [0.29, 0.717) is 13.0 Å². The molecule has 0 radical (unpaired) electrons. The van der Waals surface area contributed by atoms with E-state index in [1.54, 1.807) is 6.33 Å². The molecule has 2 rings (SSSR count). The summed E-state index contributed by atoms with van der Waals surface area (Å²) < 4.78 is 0. The van der Waals surface area contributed by atoms with Gasteiger partial charge >= 0.3 is 0 Å². The highest BCUT2D eigenvalue weighted by atomic mass is 16.1. The summed E-state index contributed by atoms with van der Waals surface area (Å²) in [5.41, 5.74) is 2.25. The summed E-state index contributed by atoms with van der Waals surface area (Å²) in [6.45, 7) is 2.78. The number of hydrogen-bond donors (Lipinski definition) is 2. The van der Waals surface area contributed by atoms with Crippen molar-refractivity contribution in [2.24, 2.45) is 0 Å². The van der Waals surface area contributed by atoms with Gasteiger partial charge in [-0.1, -0.05) is 37.3 Å². The van der Waals surface area contributed by atoms with E-state index in [9.17, 15) is 4.79 Å². The van der Waals surface area contributed by atoms with Crippen molar-refractivity contribution in [3.05, 3.63) is 54.1 Å². The number of nitrogens with one attached hydrogen (secondary N) is 2. The molecule has 1 aromatic heterocycles. The summed E-state index contributed by atoms with van der Waals surface area (Å²) in [7, 11) is 0. The van der Waals surface area contributed by atoms with Gasteiger partial charge in [-0.15, -0.1) is 0 Å². The normalized spacial score (nSPS) is 12.1. The van der Waals surface area contributed by atoms with Crippen LogP contribution < -0.4 is 5.32 Å². The van der Waals surface area contributed by atoms with Gasteiger partial charge in [0.25, 0.3) is 0 Å². The monoisotopic (exact) mass is 271 g/mol. The van der Waals surface area contributed by atoms with Gasteiger partial charge in [0.2, 0.25) is 5.91 Å². The Balaban J connectivity index is 1.65. The third-order valence-electron chi connectivity index (χ3n) is 3.35. The second-order valence-electron chi connectivity index (χ2n) is 5.03. The van der Waals surface area contributed by atoms with Gasteiger partial charge < -0.3 is 10.3 Å². The predicted octanol–water partition coefficient (Wildman–Crippen LogP) is 2.65. The van der Waals surface area contributed by atoms with Crippen molar-refractivity contribution >= 4 is 5.91 Å². The Morgan fingerprint density at radius 3 is 2.85 bits per heavy atom. The summed E-state index contributed by atoms with van der Waals surface area (Å²) >= 11 is 0. The molecule has 0 unspecified atom stereocenters. The van der Waals surface area contributed by atoms with Crippen LogP contribution in [0, 0.1) is 0 Å². The van der Waals surface area contributed by atoms with Crippen LogP contribution >= 0.6 is 0 Å². The Bertz CT molecular complexity index is 508. The highest BCUT2D eigenvalue weighted by Crippen LogP contribution is 2.17. The van der Waals surface area contributed by atoms with E-state index in [0.717, 1.165) is 18.5 Å². The van der Waals surface area contributed by atoms with Crippen LogP contribution in [-0.4, -0.2) is 22.4 Å². The topological polar surface area (TPSA) is 57.8 Å². The lowest BCUT2D eigenvalue weighted by molar-refractivity contribution is -0.121. The SMILES string of the molecule is C[C@@H](CC(=O)NCCCc1c[nH]cn1)c1ccccc1. The summed E-state index contributed by atoms with van der Waals surface area (Å²) in [5.74, 6) is 0.367. The number of aromatic nitrogens is 2. The van der Waals surface area contributed by atoms with E-state index < -0.39 is 0 Å². The molecule has 0 fully saturated rings. The van der Waals surface area contributed by atoms with Gasteiger partial charge in [0.15, 0.2) is 0 Å². The molecule has 2 N–H and O–H groups in total. The molecule has 2 aromatic rings. The average molecular weight is 271 g/mol. The van der Waals surface area contributed by atoms with E-state index in [1.807, 2.05) is 24.4 Å². The first-order chi connectivity index (χ1) is 9.75. The molecular weight excluding hydrogens is 250 g/mol. The lowest BCUT2D eigenvalue weighted by Crippen LogP contribution is -2.25. The first kappa shape index (κ1) is 14.3. The first-order valence-corrected chi connectivity index (χ1v) is 7.05. The number of rotatable bonds is 7. The number of imidazole rings is 1. The summed E-state index contributed by atoms with van der Waals surface area (Å²) in [4.78, 5) is 18.9. The van der Waals surface area contributed by atoms with Crippen molar-refractivity contribution in [1.82, 2.24) is 15.3 Å². The molecule has 0 spiro atoms. The van der Waals surface area contributed by atoms with Crippen LogP contribution in [0.25, 0.3) is 0 Å². The smallest absolute Gasteiger partial charge is 0.220 e. The summed E-state index contributed by atoms with van der Waals surface area (Å²) in [5, 5.41) is 2.97. The molecule has 1 atom stereocenters. The standard InChI is InChI=1S/C16H21N3O/c1-13(14-6-3-2-4-7-14)10-16(20)18-9-5-8-15-11-17-12-19-15/h2-4,6-7,11-13H,5,8-10H2,1H3,(H,17,19)(H,18,20)/t13-/m0/s1. The van der Waals surface area contributed by atoms with Crippen LogP contribution in [0.15, 0.2) is 42.9 Å². The third kappa shape index (κ3) is 4.53. The van der Waals surface area contributed by atoms with Gasteiger partial charge in [0.1, 0.15) is 0 Å². The van der Waals surface area contributed by atoms with E-state index >= 15 is 0 Å². The zero-order valence-corrected chi connectivity index (χ0v) is 11.8. The van der Waals surface area contributed by atoms with Gasteiger partial charge in [-0.3, -0.25) is 4.79 Å². The molecule has 1 heterocycles. The molecular formula is C16H21N3O. The zero-order chi connectivity index (χ0) is 14.2. The van der Waals surface area contributed by atoms with Crippen LogP contribution in [0.2, 0.25) is 0 Å². The summed E-state index contributed by atoms with van der Waals surface area (Å²) in [6, 6.07) is 10.1. The Hall–Kier alpha value is -2.10. The fourth-order valence-electron chi connectivity index (χ4n) is 2.17. The highest BCUT2D eigenvalue weighted by Gasteiger charge is 2.10. The zero-order valence-electron chi connectivity index (χ0n) is 11.8. The lowest BCUT2D eigenvalue weighted by atomic mass is 9.97. The first-order valence-electron chi connectivity index (χ1n) is 7.05. The Labute approximate surface area is 119 Å². The van der Waals surface area contributed by atoms with Crippen LogP contribution in [-0.2, 0) is 11.2 Å². The minimum Gasteiger partial charge on any atom is -0.356 e. The van der Waals surface area contributed by atoms with Gasteiger partial charge in [-0.05, 0) is 24.3 Å². The molecule has 0 saturated heterocycles. The highest BCUT2D eigenvalue weighted by molar-refractivity contribution is 5.76. The van der Waals surface area contributed by atoms with Crippen LogP contribution in [0.1, 0.15) is 36.9 Å². The second-order valence-corrected chi connectivity index (χ2v) is 5.03. The van der Waals surface area contributed by atoms with E-state index in [4.69, 9.17) is 0 Å². The van der Waals surface area contributed by atoms with Crippen LogP contribution in [0.3, 0.4) is 0 Å². The Kier molecular flexibility index (Phi) is 5.35. The molecule has 20 heavy (non-hydrogen) atoms. The predicted molar refractivity (Wildman–Crippen MR) is 79.4 cm³/mol. The third-order valence-corrected chi connectivity index (χ3v) is 3.35. The minimum atomic E-state index is 0.114.